The van der Waals surface area contributed by atoms with Gasteiger partial charge in [-0.15, -0.1) is 0 Å². The van der Waals surface area contributed by atoms with Crippen molar-refractivity contribution < 1.29 is 17.3 Å². The van der Waals surface area contributed by atoms with Crippen molar-refractivity contribution in [2.75, 3.05) is 19.5 Å². The van der Waals surface area contributed by atoms with Gasteiger partial charge in [-0.3, -0.25) is 9.08 Å². The minimum absolute atomic E-state index is 0.136. The van der Waals surface area contributed by atoms with Crippen molar-refractivity contribution >= 4 is 10.1 Å². The Bertz CT molecular complexity index is 749. The smallest absolute Gasteiger partial charge is 0.264 e. The van der Waals surface area contributed by atoms with Crippen molar-refractivity contribution in [1.82, 2.24) is 14.5 Å². The van der Waals surface area contributed by atoms with E-state index < -0.39 is 10.1 Å². The zero-order valence-electron chi connectivity index (χ0n) is 14.2. The third kappa shape index (κ3) is 5.64. The van der Waals surface area contributed by atoms with Crippen LogP contribution >= 0.6 is 0 Å². The molecule has 2 heterocycles. The topological polar surface area (TPSA) is 73.7 Å². The van der Waals surface area contributed by atoms with Gasteiger partial charge in [-0.25, -0.2) is 4.98 Å². The van der Waals surface area contributed by atoms with Gasteiger partial charge in [0.05, 0.1) is 32.0 Å². The van der Waals surface area contributed by atoms with Crippen LogP contribution in [0.5, 0.6) is 0 Å². The number of benzene rings is 1. The molecule has 1 saturated heterocycles. The van der Waals surface area contributed by atoms with Crippen LogP contribution in [0.1, 0.15) is 12.0 Å². The Morgan fingerprint density at radius 1 is 1.28 bits per heavy atom. The molecular weight excluding hydrogens is 342 g/mol. The number of nitrogens with zero attached hydrogens (tertiary/aromatic N) is 3. The van der Waals surface area contributed by atoms with E-state index in [9.17, 15) is 8.42 Å². The molecule has 0 amide bonds. The van der Waals surface area contributed by atoms with E-state index in [0.29, 0.717) is 26.3 Å². The van der Waals surface area contributed by atoms with Crippen LogP contribution in [0.15, 0.2) is 49.1 Å². The number of imidazole rings is 1. The maximum absolute atomic E-state index is 11.4. The summed E-state index contributed by atoms with van der Waals surface area (Å²) in [6.07, 6.45) is 6.77. The van der Waals surface area contributed by atoms with Crippen molar-refractivity contribution in [1.29, 1.82) is 0 Å². The molecule has 25 heavy (non-hydrogen) atoms. The van der Waals surface area contributed by atoms with Gasteiger partial charge < -0.3 is 9.30 Å². The average molecular weight is 365 g/mol. The molecule has 1 aromatic carbocycles. The van der Waals surface area contributed by atoms with E-state index in [4.69, 9.17) is 8.92 Å². The summed E-state index contributed by atoms with van der Waals surface area (Å²) in [4.78, 5) is 6.18. The molecule has 0 unspecified atom stereocenters. The largest absolute Gasteiger partial charge is 0.361 e. The summed E-state index contributed by atoms with van der Waals surface area (Å²) in [6, 6.07) is 10.1. The second-order valence-corrected chi connectivity index (χ2v) is 7.91. The lowest BCUT2D eigenvalue weighted by atomic mass is 10.2. The first-order chi connectivity index (χ1) is 12.0. The fourth-order valence-corrected chi connectivity index (χ4v) is 3.73. The van der Waals surface area contributed by atoms with Gasteiger partial charge in [0.1, 0.15) is 0 Å². The second-order valence-electron chi connectivity index (χ2n) is 6.31. The molecule has 136 valence electrons. The van der Waals surface area contributed by atoms with Crippen molar-refractivity contribution in [3.05, 3.63) is 54.6 Å². The molecule has 1 aliphatic rings. The SMILES string of the molecule is CS(=O)(=O)O[C@@H]1C[C@@H](Cn2ccnc2)N(COCc2ccccc2)C1. The molecule has 0 aliphatic carbocycles. The molecule has 7 nitrogen and oxygen atoms in total. The summed E-state index contributed by atoms with van der Waals surface area (Å²) in [5, 5.41) is 0. The molecule has 0 spiro atoms. The first kappa shape index (κ1) is 18.1. The van der Waals surface area contributed by atoms with Gasteiger partial charge in [-0.05, 0) is 12.0 Å². The van der Waals surface area contributed by atoms with Crippen molar-refractivity contribution in [2.24, 2.45) is 0 Å². The quantitative estimate of drug-likeness (QED) is 0.660. The number of ether oxygens (including phenoxy) is 1. The second kappa shape index (κ2) is 8.09. The Morgan fingerprint density at radius 2 is 2.08 bits per heavy atom. The van der Waals surface area contributed by atoms with Gasteiger partial charge in [0.2, 0.25) is 0 Å². The first-order valence-corrected chi connectivity index (χ1v) is 10.0. The van der Waals surface area contributed by atoms with Crippen molar-refractivity contribution in [3.8, 4) is 0 Å². The summed E-state index contributed by atoms with van der Waals surface area (Å²) >= 11 is 0. The fraction of sp³-hybridized carbons (Fsp3) is 0.471. The standard InChI is InChI=1S/C17H23N3O4S/c1-25(21,22)24-17-9-16(10-19-8-7-18-13-19)20(11-17)14-23-12-15-5-3-2-4-6-15/h2-8,13,16-17H,9-12,14H2,1H3/t16-,17+/m0/s1. The number of likely N-dealkylation sites (tertiary alicyclic amines) is 1. The highest BCUT2D eigenvalue weighted by molar-refractivity contribution is 7.86. The number of aromatic nitrogens is 2. The Hall–Kier alpha value is -1.74. The maximum atomic E-state index is 11.4. The summed E-state index contributed by atoms with van der Waals surface area (Å²) in [5.74, 6) is 0. The third-order valence-corrected chi connectivity index (χ3v) is 4.77. The Balaban J connectivity index is 1.58. The number of rotatable bonds is 8. The van der Waals surface area contributed by atoms with E-state index in [1.807, 2.05) is 41.1 Å². The number of hydrogen-bond donors (Lipinski definition) is 0. The molecule has 2 atom stereocenters. The van der Waals surface area contributed by atoms with Gasteiger partial charge in [0.25, 0.3) is 10.1 Å². The molecule has 3 rings (SSSR count). The molecule has 0 saturated carbocycles. The van der Waals surface area contributed by atoms with E-state index >= 15 is 0 Å². The molecule has 1 aromatic heterocycles. The molecule has 2 aromatic rings. The van der Waals surface area contributed by atoms with Gasteiger partial charge in [-0.2, -0.15) is 8.42 Å². The van der Waals surface area contributed by atoms with E-state index in [2.05, 4.69) is 9.88 Å². The lowest BCUT2D eigenvalue weighted by Gasteiger charge is -2.24. The highest BCUT2D eigenvalue weighted by Gasteiger charge is 2.34. The first-order valence-electron chi connectivity index (χ1n) is 8.19. The fourth-order valence-electron chi connectivity index (χ4n) is 3.10. The summed E-state index contributed by atoms with van der Waals surface area (Å²) < 4.78 is 35.9. The monoisotopic (exact) mass is 365 g/mol. The van der Waals surface area contributed by atoms with E-state index in [1.54, 1.807) is 12.5 Å². The molecular formula is C17H23N3O4S. The normalized spacial score (nSPS) is 21.6. The summed E-state index contributed by atoms with van der Waals surface area (Å²) in [7, 11) is -3.47. The third-order valence-electron chi connectivity index (χ3n) is 4.15. The predicted octanol–water partition coefficient (Wildman–Crippen LogP) is 1.48. The molecule has 0 bridgehead atoms. The molecule has 0 N–H and O–H groups in total. The van der Waals surface area contributed by atoms with E-state index in [0.717, 1.165) is 18.4 Å². The van der Waals surface area contributed by atoms with Crippen LogP contribution in [0.4, 0.5) is 0 Å². The number of hydrogen-bond acceptors (Lipinski definition) is 6. The van der Waals surface area contributed by atoms with Crippen LogP contribution < -0.4 is 0 Å². The van der Waals surface area contributed by atoms with Crippen LogP contribution in [0.25, 0.3) is 0 Å². The highest BCUT2D eigenvalue weighted by Crippen LogP contribution is 2.23. The lowest BCUT2D eigenvalue weighted by molar-refractivity contribution is 0.00620. The molecule has 1 aliphatic heterocycles. The summed E-state index contributed by atoms with van der Waals surface area (Å²) in [5.41, 5.74) is 1.11. The summed E-state index contributed by atoms with van der Waals surface area (Å²) in [6.45, 7) is 2.20. The van der Waals surface area contributed by atoms with Crippen LogP contribution in [0.2, 0.25) is 0 Å². The lowest BCUT2D eigenvalue weighted by Crippen LogP contribution is -2.35. The predicted molar refractivity (Wildman–Crippen MR) is 93.2 cm³/mol. The zero-order chi connectivity index (χ0) is 17.7. The van der Waals surface area contributed by atoms with Crippen LogP contribution in [-0.2, 0) is 32.2 Å². The van der Waals surface area contributed by atoms with Crippen LogP contribution in [0, 0.1) is 0 Å². The Morgan fingerprint density at radius 3 is 2.76 bits per heavy atom. The Labute approximate surface area is 148 Å². The minimum Gasteiger partial charge on any atom is -0.361 e. The molecule has 1 fully saturated rings. The van der Waals surface area contributed by atoms with Crippen LogP contribution in [-0.4, -0.2) is 54.5 Å². The molecule has 0 radical (unpaired) electrons. The zero-order valence-corrected chi connectivity index (χ0v) is 15.0. The van der Waals surface area contributed by atoms with Crippen molar-refractivity contribution in [3.63, 3.8) is 0 Å². The van der Waals surface area contributed by atoms with Crippen molar-refractivity contribution in [2.45, 2.75) is 31.7 Å². The molecule has 8 heteroatoms. The van der Waals surface area contributed by atoms with E-state index in [-0.39, 0.29) is 12.1 Å². The minimum atomic E-state index is -3.47. The highest BCUT2D eigenvalue weighted by atomic mass is 32.2. The maximum Gasteiger partial charge on any atom is 0.264 e. The van der Waals surface area contributed by atoms with E-state index in [1.165, 1.54) is 0 Å². The van der Waals surface area contributed by atoms with Gasteiger partial charge in [0, 0.05) is 31.5 Å². The van der Waals surface area contributed by atoms with Gasteiger partial charge in [-0.1, -0.05) is 30.3 Å². The average Bonchev–Trinajstić information content (AvgIpc) is 3.18. The van der Waals surface area contributed by atoms with Crippen LogP contribution in [0.3, 0.4) is 0 Å². The van der Waals surface area contributed by atoms with Gasteiger partial charge >= 0.3 is 0 Å². The van der Waals surface area contributed by atoms with Gasteiger partial charge in [0.15, 0.2) is 0 Å². The Kier molecular flexibility index (Phi) is 5.85.